The molecule has 0 aliphatic heterocycles. The van der Waals surface area contributed by atoms with Crippen LogP contribution in [0.4, 0.5) is 0 Å². The summed E-state index contributed by atoms with van der Waals surface area (Å²) in [6.45, 7) is 0. The second-order valence-electron chi connectivity index (χ2n) is 0.415. The molecule has 4 nitrogen and oxygen atoms in total. The topological polar surface area (TPSA) is 74.6 Å². The van der Waals surface area contributed by atoms with E-state index in [1.165, 1.54) is 0 Å². The standard InChI is InChI=1S/2Mn.Na.Ni.2H2O.2O.H/h;;;;2*1H2;;;/q;+2;;;;;;;/p-2. The van der Waals surface area contributed by atoms with Gasteiger partial charge in [0.15, 0.2) is 0 Å². The molecule has 0 aromatic carbocycles. The van der Waals surface area contributed by atoms with Gasteiger partial charge >= 0.3 is 59.0 Å². The van der Waals surface area contributed by atoms with E-state index in [4.69, 9.17) is 16.0 Å². The van der Waals surface area contributed by atoms with Crippen LogP contribution in [0.3, 0.4) is 0 Å². The van der Waals surface area contributed by atoms with Crippen LogP contribution >= 0.6 is 0 Å². The van der Waals surface area contributed by atoms with Crippen molar-refractivity contribution in [1.82, 2.24) is 0 Å². The van der Waals surface area contributed by atoms with Gasteiger partial charge in [0.2, 0.25) is 0 Å². The van der Waals surface area contributed by atoms with Gasteiger partial charge in [-0.1, -0.05) is 0 Å². The number of rotatable bonds is 0. The summed E-state index contributed by atoms with van der Waals surface area (Å²) in [6, 6.07) is 0. The Kier molecular flexibility index (Phi) is 25.4. The van der Waals surface area contributed by atoms with Gasteiger partial charge in [0.05, 0.1) is 0 Å². The molecule has 0 aromatic heterocycles. The molecule has 52 valence electrons. The zero-order valence-corrected chi connectivity index (χ0v) is 6.13. The summed E-state index contributed by atoms with van der Waals surface area (Å²) in [5.41, 5.74) is 0. The molecule has 0 saturated heterocycles. The molecule has 2 N–H and O–H groups in total. The molecular weight excluding hydrogens is 256 g/mol. The van der Waals surface area contributed by atoms with Crippen LogP contribution in [0, 0.1) is 0 Å². The molecule has 0 spiro atoms. The molecule has 0 aliphatic carbocycles. The first-order chi connectivity index (χ1) is 2.00. The van der Waals surface area contributed by atoms with Crippen LogP contribution in [0.5, 0.6) is 0 Å². The molecule has 0 atom stereocenters. The Morgan fingerprint density at radius 2 is 1.12 bits per heavy atom. The summed E-state index contributed by atoms with van der Waals surface area (Å²) in [6.07, 6.45) is 0. The Morgan fingerprint density at radius 3 is 1.12 bits per heavy atom. The molecule has 0 aliphatic rings. The van der Waals surface area contributed by atoms with Crippen LogP contribution in [0.1, 0.15) is 0 Å². The minimum absolute atomic E-state index is 0. The summed E-state index contributed by atoms with van der Waals surface area (Å²) in [4.78, 5) is 0. The molecule has 0 unspecified atom stereocenters. The monoisotopic (exact) mass is 258 g/mol. The van der Waals surface area contributed by atoms with Crippen LogP contribution in [0.2, 0.25) is 0 Å². The zero-order chi connectivity index (χ0) is 4.50. The fourth-order valence-corrected chi connectivity index (χ4v) is 0. The fourth-order valence-electron chi connectivity index (χ4n) is 0. The van der Waals surface area contributed by atoms with E-state index < -0.39 is 13.4 Å². The van der Waals surface area contributed by atoms with Crippen molar-refractivity contribution in [2.45, 2.75) is 0 Å². The van der Waals surface area contributed by atoms with Crippen LogP contribution in [0.15, 0.2) is 0 Å². The number of hydrogen-bond acceptors (Lipinski definition) is 2. The maximum absolute atomic E-state index is 8.80. The Hall–Kier alpha value is 2.05. The van der Waals surface area contributed by atoms with Gasteiger partial charge in [-0.05, 0) is 0 Å². The van der Waals surface area contributed by atoms with Gasteiger partial charge in [-0.2, -0.15) is 0 Å². The molecule has 8 heteroatoms. The second kappa shape index (κ2) is 9.05. The van der Waals surface area contributed by atoms with Crippen molar-refractivity contribution < 1.29 is 63.0 Å². The summed E-state index contributed by atoms with van der Waals surface area (Å²) >= 11 is -5.12. The van der Waals surface area contributed by atoms with Gasteiger partial charge in [-0.3, -0.25) is 0 Å². The van der Waals surface area contributed by atoms with E-state index in [1.54, 1.807) is 0 Å². The maximum atomic E-state index is 8.80. The summed E-state index contributed by atoms with van der Waals surface area (Å²) < 4.78 is 31.8. The van der Waals surface area contributed by atoms with Crippen LogP contribution in [-0.2, 0) is 54.6 Å². The van der Waals surface area contributed by atoms with E-state index in [1.807, 2.05) is 0 Å². The third-order valence-electron chi connectivity index (χ3n) is 0. The first-order valence-corrected chi connectivity index (χ1v) is 2.67. The molecule has 0 aromatic rings. The quantitative estimate of drug-likeness (QED) is 0.493. The first-order valence-electron chi connectivity index (χ1n) is 0.647. The Morgan fingerprint density at radius 1 is 1.12 bits per heavy atom. The zero-order valence-electron chi connectivity index (χ0n) is 2.78. The molecule has 0 bridgehead atoms. The van der Waals surface area contributed by atoms with E-state index in [0.29, 0.717) is 0 Å². The van der Waals surface area contributed by atoms with Gasteiger partial charge in [0.1, 0.15) is 0 Å². The molecule has 0 fully saturated rings. The normalized spacial score (nSPS) is 7.25. The average molecular weight is 259 g/mol. The predicted octanol–water partition coefficient (Wildman–Crippen LogP) is -2.01. The van der Waals surface area contributed by atoms with E-state index in [0.717, 1.165) is 0 Å². The van der Waals surface area contributed by atoms with Gasteiger partial charge in [0, 0.05) is 33.6 Å². The van der Waals surface area contributed by atoms with Crippen LogP contribution in [-0.4, -0.2) is 37.9 Å². The van der Waals surface area contributed by atoms with Gasteiger partial charge in [-0.15, -0.1) is 0 Å². The summed E-state index contributed by atoms with van der Waals surface area (Å²) in [7, 11) is 0. The van der Waals surface area contributed by atoms with Crippen molar-refractivity contribution in [2.75, 3.05) is 0 Å². The van der Waals surface area contributed by atoms with Crippen molar-refractivity contribution in [3.8, 4) is 0 Å². The average Bonchev–Trinajstić information content (AvgIpc) is 0.722. The fraction of sp³-hybridized carbons (Fsp3) is 0. The van der Waals surface area contributed by atoms with Crippen LogP contribution in [0.25, 0.3) is 0 Å². The second-order valence-corrected chi connectivity index (χ2v) is 1.71. The third kappa shape index (κ3) is 95.1. The van der Waals surface area contributed by atoms with Gasteiger partial charge in [-0.25, -0.2) is 0 Å². The Balaban J connectivity index is -0.0000000267. The molecule has 0 amide bonds. The Labute approximate surface area is 91.4 Å². The van der Waals surface area contributed by atoms with Crippen molar-refractivity contribution in [1.29, 1.82) is 0 Å². The SMILES string of the molecule is [Mn].[NaH].[Ni].[O]=[Mn](=[O])([OH])[OH]. The summed E-state index contributed by atoms with van der Waals surface area (Å²) in [5.74, 6) is 0. The van der Waals surface area contributed by atoms with E-state index in [9.17, 15) is 0 Å². The predicted molar refractivity (Wildman–Crippen MR) is 13.0 cm³/mol. The van der Waals surface area contributed by atoms with Gasteiger partial charge in [0.25, 0.3) is 0 Å². The van der Waals surface area contributed by atoms with Crippen molar-refractivity contribution >= 4 is 29.6 Å². The van der Waals surface area contributed by atoms with Crippen molar-refractivity contribution in [3.05, 3.63) is 0 Å². The molecular formula is H3Mn2NaNiO4. The molecule has 1 radical (unpaired) electrons. The minimum atomic E-state index is -5.12. The molecule has 0 heterocycles. The summed E-state index contributed by atoms with van der Waals surface area (Å²) in [5, 5.41) is 0. The van der Waals surface area contributed by atoms with E-state index in [-0.39, 0.29) is 63.1 Å². The molecule has 0 saturated carbocycles. The Bertz CT molecular complexity index is 97.2. The van der Waals surface area contributed by atoms with Crippen molar-refractivity contribution in [3.63, 3.8) is 0 Å². The third-order valence-corrected chi connectivity index (χ3v) is 0. The molecule has 8 heavy (non-hydrogen) atoms. The van der Waals surface area contributed by atoms with E-state index >= 15 is 0 Å². The number of hydrogen-bond donors (Lipinski definition) is 2. The van der Waals surface area contributed by atoms with Gasteiger partial charge < -0.3 is 0 Å². The van der Waals surface area contributed by atoms with Crippen LogP contribution < -0.4 is 0 Å². The molecule has 0 rings (SSSR count). The van der Waals surface area contributed by atoms with Crippen molar-refractivity contribution in [2.24, 2.45) is 0 Å². The first kappa shape index (κ1) is 22.5. The van der Waals surface area contributed by atoms with E-state index in [2.05, 4.69) is 0 Å².